The number of sulfonamides is 1. The zero-order valence-corrected chi connectivity index (χ0v) is 14.5. The van der Waals surface area contributed by atoms with Gasteiger partial charge >= 0.3 is 0 Å². The van der Waals surface area contributed by atoms with Crippen molar-refractivity contribution in [2.45, 2.75) is 25.2 Å². The van der Waals surface area contributed by atoms with E-state index in [0.29, 0.717) is 26.1 Å². The van der Waals surface area contributed by atoms with E-state index in [2.05, 4.69) is 5.32 Å². The maximum absolute atomic E-state index is 12.7. The van der Waals surface area contributed by atoms with Crippen LogP contribution in [0.25, 0.3) is 0 Å². The molecule has 2 N–H and O–H groups in total. The van der Waals surface area contributed by atoms with E-state index in [1.165, 1.54) is 29.6 Å². The van der Waals surface area contributed by atoms with Crippen LogP contribution in [0.2, 0.25) is 0 Å². The van der Waals surface area contributed by atoms with E-state index in [9.17, 15) is 13.2 Å². The summed E-state index contributed by atoms with van der Waals surface area (Å²) >= 11 is 0. The Kier molecular flexibility index (Phi) is 7.47. The second-order valence-corrected chi connectivity index (χ2v) is 6.69. The highest BCUT2D eigenvalue weighted by Gasteiger charge is 2.26. The molecule has 0 saturated carbocycles. The Balaban J connectivity index is 3.20. The molecule has 0 spiro atoms. The summed E-state index contributed by atoms with van der Waals surface area (Å²) in [7, 11) is -2.35. The van der Waals surface area contributed by atoms with Crippen LogP contribution < -0.4 is 10.1 Å². The van der Waals surface area contributed by atoms with Gasteiger partial charge in [0, 0.05) is 31.8 Å². The topological polar surface area (TPSA) is 95.9 Å². The van der Waals surface area contributed by atoms with E-state index in [4.69, 9.17) is 9.84 Å². The Bertz CT molecular complexity index is 627. The fourth-order valence-electron chi connectivity index (χ4n) is 2.11. The van der Waals surface area contributed by atoms with E-state index in [1.807, 2.05) is 0 Å². The Morgan fingerprint density at radius 2 is 1.96 bits per heavy atom. The zero-order chi connectivity index (χ0) is 17.5. The number of rotatable bonds is 9. The second kappa shape index (κ2) is 8.85. The molecule has 1 amide bonds. The minimum absolute atomic E-state index is 0.0233. The number of aliphatic hydroxyl groups excluding tert-OH is 1. The number of carbonyl (C=O) groups is 1. The summed E-state index contributed by atoms with van der Waals surface area (Å²) in [6, 6.07) is 4.30. The molecule has 8 heteroatoms. The second-order valence-electron chi connectivity index (χ2n) is 4.79. The van der Waals surface area contributed by atoms with Gasteiger partial charge < -0.3 is 15.2 Å². The SMILES string of the molecule is CCN(CC)S(=O)(=O)c1cc(C(=O)NCCCO)ccc1OC. The predicted octanol–water partition coefficient (Wildman–Crippen LogP) is 0.838. The summed E-state index contributed by atoms with van der Waals surface area (Å²) in [5.74, 6) is -0.194. The van der Waals surface area contributed by atoms with E-state index >= 15 is 0 Å². The zero-order valence-electron chi connectivity index (χ0n) is 13.7. The first-order chi connectivity index (χ1) is 10.9. The van der Waals surface area contributed by atoms with Gasteiger partial charge in [-0.2, -0.15) is 4.31 Å². The van der Waals surface area contributed by atoms with Crippen LogP contribution in [0, 0.1) is 0 Å². The Morgan fingerprint density at radius 3 is 2.48 bits per heavy atom. The van der Waals surface area contributed by atoms with Gasteiger partial charge in [0.25, 0.3) is 5.91 Å². The first-order valence-corrected chi connectivity index (χ1v) is 8.93. The molecule has 7 nitrogen and oxygen atoms in total. The molecule has 0 saturated heterocycles. The van der Waals surface area contributed by atoms with Crippen LogP contribution >= 0.6 is 0 Å². The van der Waals surface area contributed by atoms with Gasteiger partial charge in [0.2, 0.25) is 10.0 Å². The van der Waals surface area contributed by atoms with Crippen molar-refractivity contribution in [2.75, 3.05) is 33.4 Å². The molecule has 1 rings (SSSR count). The van der Waals surface area contributed by atoms with Crippen LogP contribution in [-0.4, -0.2) is 57.1 Å². The van der Waals surface area contributed by atoms with Gasteiger partial charge in [-0.15, -0.1) is 0 Å². The van der Waals surface area contributed by atoms with Crippen LogP contribution in [0.4, 0.5) is 0 Å². The van der Waals surface area contributed by atoms with Gasteiger partial charge in [0.1, 0.15) is 10.6 Å². The summed E-state index contributed by atoms with van der Waals surface area (Å²) in [4.78, 5) is 12.0. The molecule has 1 aromatic rings. The summed E-state index contributed by atoms with van der Waals surface area (Å²) in [5.41, 5.74) is 0.231. The number of benzene rings is 1. The van der Waals surface area contributed by atoms with Crippen molar-refractivity contribution >= 4 is 15.9 Å². The molecule has 0 fully saturated rings. The van der Waals surface area contributed by atoms with Gasteiger partial charge in [0.15, 0.2) is 0 Å². The Labute approximate surface area is 137 Å². The van der Waals surface area contributed by atoms with Crippen LogP contribution in [0.5, 0.6) is 5.75 Å². The highest BCUT2D eigenvalue weighted by molar-refractivity contribution is 7.89. The van der Waals surface area contributed by atoms with Crippen LogP contribution in [0.15, 0.2) is 23.1 Å². The van der Waals surface area contributed by atoms with Crippen molar-refractivity contribution in [1.29, 1.82) is 0 Å². The third-order valence-electron chi connectivity index (χ3n) is 3.37. The Hall–Kier alpha value is -1.64. The van der Waals surface area contributed by atoms with Crippen LogP contribution in [-0.2, 0) is 10.0 Å². The maximum Gasteiger partial charge on any atom is 0.251 e. The summed E-state index contributed by atoms with van der Waals surface area (Å²) in [5, 5.41) is 11.4. The fraction of sp³-hybridized carbons (Fsp3) is 0.533. The number of ether oxygens (including phenoxy) is 1. The molecule has 0 heterocycles. The number of amides is 1. The quantitative estimate of drug-likeness (QED) is 0.647. The van der Waals surface area contributed by atoms with Crippen molar-refractivity contribution in [3.05, 3.63) is 23.8 Å². The Morgan fingerprint density at radius 1 is 1.30 bits per heavy atom. The van der Waals surface area contributed by atoms with Crippen molar-refractivity contribution < 1.29 is 23.1 Å². The lowest BCUT2D eigenvalue weighted by Crippen LogP contribution is -2.31. The van der Waals surface area contributed by atoms with Crippen molar-refractivity contribution in [3.63, 3.8) is 0 Å². The average Bonchev–Trinajstić information content (AvgIpc) is 2.55. The van der Waals surface area contributed by atoms with E-state index in [-0.39, 0.29) is 22.8 Å². The molecule has 0 radical (unpaired) electrons. The first-order valence-electron chi connectivity index (χ1n) is 7.49. The highest BCUT2D eigenvalue weighted by atomic mass is 32.2. The molecule has 130 valence electrons. The third-order valence-corrected chi connectivity index (χ3v) is 5.44. The lowest BCUT2D eigenvalue weighted by atomic mass is 10.2. The molecule has 0 atom stereocenters. The van der Waals surface area contributed by atoms with Crippen molar-refractivity contribution in [1.82, 2.24) is 9.62 Å². The number of methoxy groups -OCH3 is 1. The fourth-order valence-corrected chi connectivity index (χ4v) is 3.74. The standard InChI is InChI=1S/C15H24N2O5S/c1-4-17(5-2)23(20,21)14-11-12(7-8-13(14)22-3)15(19)16-9-6-10-18/h7-8,11,18H,4-6,9-10H2,1-3H3,(H,16,19). The molecule has 0 aromatic heterocycles. The molecule has 0 aliphatic rings. The summed E-state index contributed by atoms with van der Waals surface area (Å²) < 4.78 is 31.8. The molecule has 0 bridgehead atoms. The molecule has 0 aliphatic heterocycles. The smallest absolute Gasteiger partial charge is 0.251 e. The van der Waals surface area contributed by atoms with Gasteiger partial charge in [-0.3, -0.25) is 4.79 Å². The molecule has 0 unspecified atom stereocenters. The normalized spacial score (nSPS) is 11.5. The predicted molar refractivity (Wildman–Crippen MR) is 87.1 cm³/mol. The molecular weight excluding hydrogens is 320 g/mol. The highest BCUT2D eigenvalue weighted by Crippen LogP contribution is 2.27. The van der Waals surface area contributed by atoms with Crippen molar-refractivity contribution in [2.24, 2.45) is 0 Å². The minimum atomic E-state index is -3.74. The average molecular weight is 344 g/mol. The van der Waals surface area contributed by atoms with Crippen LogP contribution in [0.1, 0.15) is 30.6 Å². The molecule has 0 aliphatic carbocycles. The van der Waals surface area contributed by atoms with E-state index in [0.717, 1.165) is 0 Å². The van der Waals surface area contributed by atoms with Gasteiger partial charge in [-0.05, 0) is 24.6 Å². The molecule has 23 heavy (non-hydrogen) atoms. The van der Waals surface area contributed by atoms with Crippen LogP contribution in [0.3, 0.4) is 0 Å². The van der Waals surface area contributed by atoms with Gasteiger partial charge in [-0.1, -0.05) is 13.8 Å². The summed E-state index contributed by atoms with van der Waals surface area (Å²) in [6.07, 6.45) is 0.437. The minimum Gasteiger partial charge on any atom is -0.495 e. The summed E-state index contributed by atoms with van der Waals surface area (Å²) in [6.45, 7) is 4.45. The monoisotopic (exact) mass is 344 g/mol. The molecule has 1 aromatic carbocycles. The number of hydrogen-bond acceptors (Lipinski definition) is 5. The lowest BCUT2D eigenvalue weighted by molar-refractivity contribution is 0.0951. The third kappa shape index (κ3) is 4.66. The van der Waals surface area contributed by atoms with Crippen molar-refractivity contribution in [3.8, 4) is 5.75 Å². The first kappa shape index (κ1) is 19.4. The van der Waals surface area contributed by atoms with Gasteiger partial charge in [0.05, 0.1) is 7.11 Å². The number of nitrogens with one attached hydrogen (secondary N) is 1. The lowest BCUT2D eigenvalue weighted by Gasteiger charge is -2.20. The number of carbonyl (C=O) groups excluding carboxylic acids is 1. The molecular formula is C15H24N2O5S. The number of nitrogens with zero attached hydrogens (tertiary/aromatic N) is 1. The van der Waals surface area contributed by atoms with E-state index in [1.54, 1.807) is 13.8 Å². The number of hydrogen-bond donors (Lipinski definition) is 2. The number of aliphatic hydroxyl groups is 1. The largest absolute Gasteiger partial charge is 0.495 e. The van der Waals surface area contributed by atoms with Gasteiger partial charge in [-0.25, -0.2) is 8.42 Å². The maximum atomic E-state index is 12.7. The van der Waals surface area contributed by atoms with E-state index < -0.39 is 15.9 Å².